The number of hydrogen-bond acceptors (Lipinski definition) is 4. The van der Waals surface area contributed by atoms with E-state index in [0.29, 0.717) is 6.16 Å². The molecule has 0 atom stereocenters. The minimum absolute atomic E-state index is 0.708. The zero-order valence-electron chi connectivity index (χ0n) is 22.7. The zero-order chi connectivity index (χ0) is 27.4. The zero-order valence-corrected chi connectivity index (χ0v) is 23.6. The topological polar surface area (TPSA) is 38.2 Å². The molecule has 0 aliphatic carbocycles. The summed E-state index contributed by atoms with van der Waals surface area (Å²) in [7, 11) is 1.60. The number of methoxy groups -OCH3 is 1. The maximum atomic E-state index is 5.38. The van der Waals surface area contributed by atoms with Gasteiger partial charge in [-0.3, -0.25) is 0 Å². The fourth-order valence-corrected chi connectivity index (χ4v) is 9.39. The van der Waals surface area contributed by atoms with E-state index in [1.54, 1.807) is 7.11 Å². The van der Waals surface area contributed by atoms with E-state index in [0.717, 1.165) is 34.0 Å². The first-order valence-electron chi connectivity index (χ1n) is 13.4. The van der Waals surface area contributed by atoms with Gasteiger partial charge in [0.05, 0.1) is 12.6 Å². The number of rotatable bonds is 8. The highest BCUT2D eigenvalue weighted by Gasteiger charge is 2.46. The van der Waals surface area contributed by atoms with Gasteiger partial charge in [-0.1, -0.05) is 66.7 Å². The second-order valence-corrected chi connectivity index (χ2v) is 13.2. The van der Waals surface area contributed by atoms with Crippen LogP contribution in [0.4, 0.5) is 11.5 Å². The summed E-state index contributed by atoms with van der Waals surface area (Å²) in [4.78, 5) is 12.6. The maximum absolute atomic E-state index is 5.38. The number of aromatic nitrogens is 2. The molecule has 0 saturated carbocycles. The Morgan fingerprint density at radius 2 is 1.10 bits per heavy atom. The second-order valence-electron chi connectivity index (χ2n) is 9.71. The fourth-order valence-electron chi connectivity index (χ4n) is 5.34. The van der Waals surface area contributed by atoms with E-state index in [4.69, 9.17) is 14.7 Å². The lowest BCUT2D eigenvalue weighted by atomic mass is 10.2. The lowest BCUT2D eigenvalue weighted by Crippen LogP contribution is -2.33. The molecular formula is C35H31N3OP+. The van der Waals surface area contributed by atoms with Gasteiger partial charge in [-0.2, -0.15) is 0 Å². The molecule has 5 heteroatoms. The summed E-state index contributed by atoms with van der Waals surface area (Å²) in [5, 5.41) is 4.96. The van der Waals surface area contributed by atoms with Crippen LogP contribution in [-0.4, -0.2) is 24.1 Å². The molecule has 6 aromatic rings. The van der Waals surface area contributed by atoms with Crippen molar-refractivity contribution in [3.05, 3.63) is 145 Å². The summed E-state index contributed by atoms with van der Waals surface area (Å²) < 4.78 is 5.38. The summed E-state index contributed by atoms with van der Waals surface area (Å²) in [5.41, 5.74) is 1.97. The van der Waals surface area contributed by atoms with Crippen molar-refractivity contribution in [2.75, 3.05) is 19.1 Å². The molecule has 196 valence electrons. The van der Waals surface area contributed by atoms with Crippen LogP contribution in [0.1, 0.15) is 5.82 Å². The van der Waals surface area contributed by atoms with Crippen molar-refractivity contribution < 1.29 is 4.74 Å². The first kappa shape index (κ1) is 25.7. The van der Waals surface area contributed by atoms with Gasteiger partial charge < -0.3 is 9.64 Å². The van der Waals surface area contributed by atoms with Crippen molar-refractivity contribution in [3.63, 3.8) is 0 Å². The van der Waals surface area contributed by atoms with E-state index >= 15 is 0 Å². The average Bonchev–Trinajstić information content (AvgIpc) is 3.04. The van der Waals surface area contributed by atoms with Gasteiger partial charge in [-0.05, 0) is 72.8 Å². The smallest absolute Gasteiger partial charge is 0.169 e. The molecule has 1 heterocycles. The highest BCUT2D eigenvalue weighted by Crippen LogP contribution is 2.57. The Morgan fingerprint density at radius 3 is 1.62 bits per heavy atom. The van der Waals surface area contributed by atoms with Crippen LogP contribution in [-0.2, 0) is 6.16 Å². The first-order chi connectivity index (χ1) is 19.7. The van der Waals surface area contributed by atoms with Gasteiger partial charge in [0.2, 0.25) is 0 Å². The van der Waals surface area contributed by atoms with Gasteiger partial charge >= 0.3 is 0 Å². The molecule has 0 aliphatic rings. The molecule has 0 amide bonds. The first-order valence-corrected chi connectivity index (χ1v) is 15.3. The third kappa shape index (κ3) is 4.83. The normalized spacial score (nSPS) is 11.3. The van der Waals surface area contributed by atoms with Crippen molar-refractivity contribution in [1.82, 2.24) is 9.97 Å². The Bertz CT molecular complexity index is 1610. The van der Waals surface area contributed by atoms with Crippen LogP contribution in [0.2, 0.25) is 0 Å². The fraction of sp³-hybridized carbons (Fsp3) is 0.0857. The summed E-state index contributed by atoms with van der Waals surface area (Å²) in [6.07, 6.45) is 0.708. The van der Waals surface area contributed by atoms with Gasteiger partial charge in [-0.25, -0.2) is 9.97 Å². The minimum atomic E-state index is -2.15. The Balaban J connectivity index is 1.56. The van der Waals surface area contributed by atoms with E-state index in [-0.39, 0.29) is 0 Å². The molecule has 1 aromatic heterocycles. The molecule has 4 nitrogen and oxygen atoms in total. The molecule has 6 rings (SSSR count). The number of anilines is 2. The predicted molar refractivity (Wildman–Crippen MR) is 169 cm³/mol. The molecular weight excluding hydrogens is 509 g/mol. The van der Waals surface area contributed by atoms with Crippen LogP contribution in [0.25, 0.3) is 10.9 Å². The third-order valence-electron chi connectivity index (χ3n) is 7.38. The standard InChI is InChI=1S/C35H31N3OP/c1-38(27-22-24-28(39-2)25-23-27)35-32-20-12-13-21-33(32)36-34(37-35)26-40(29-14-6-3-7-15-29,30-16-8-4-9-17-30)31-18-10-5-11-19-31/h3-25H,26H2,1-2H3/q+1. The number of para-hydroxylation sites is 1. The van der Waals surface area contributed by atoms with E-state index in [9.17, 15) is 0 Å². The molecule has 0 saturated heterocycles. The molecule has 5 aromatic carbocycles. The Morgan fingerprint density at radius 1 is 0.600 bits per heavy atom. The van der Waals surface area contributed by atoms with Crippen LogP contribution >= 0.6 is 7.26 Å². The van der Waals surface area contributed by atoms with Gasteiger partial charge in [-0.15, -0.1) is 0 Å². The molecule has 0 spiro atoms. The number of hydrogen-bond donors (Lipinski definition) is 0. The summed E-state index contributed by atoms with van der Waals surface area (Å²) in [6, 6.07) is 49.0. The number of benzene rings is 5. The van der Waals surface area contributed by atoms with Crippen LogP contribution in [0.3, 0.4) is 0 Å². The van der Waals surface area contributed by atoms with Gasteiger partial charge in [0.25, 0.3) is 0 Å². The van der Waals surface area contributed by atoms with Gasteiger partial charge in [0.1, 0.15) is 40.9 Å². The van der Waals surface area contributed by atoms with E-state index in [2.05, 4.69) is 127 Å². The van der Waals surface area contributed by atoms with Gasteiger partial charge in [0.15, 0.2) is 5.82 Å². The third-order valence-corrected chi connectivity index (χ3v) is 11.7. The largest absolute Gasteiger partial charge is 0.497 e. The summed E-state index contributed by atoms with van der Waals surface area (Å²) in [5.74, 6) is 2.55. The van der Waals surface area contributed by atoms with E-state index < -0.39 is 7.26 Å². The number of nitrogens with zero attached hydrogens (tertiary/aromatic N) is 3. The van der Waals surface area contributed by atoms with Crippen molar-refractivity contribution >= 4 is 45.6 Å². The highest BCUT2D eigenvalue weighted by molar-refractivity contribution is 7.95. The molecule has 0 aliphatic heterocycles. The van der Waals surface area contributed by atoms with Crippen LogP contribution < -0.4 is 25.6 Å². The maximum Gasteiger partial charge on any atom is 0.169 e. The molecule has 40 heavy (non-hydrogen) atoms. The minimum Gasteiger partial charge on any atom is -0.497 e. The number of ether oxygens (including phenoxy) is 1. The Kier molecular flexibility index (Phi) is 7.27. The van der Waals surface area contributed by atoms with Gasteiger partial charge in [0, 0.05) is 18.1 Å². The van der Waals surface area contributed by atoms with Crippen molar-refractivity contribution in [2.45, 2.75) is 6.16 Å². The lowest BCUT2D eigenvalue weighted by molar-refractivity contribution is 0.415. The Hall–Kier alpha value is -4.53. The average molecular weight is 541 g/mol. The highest BCUT2D eigenvalue weighted by atomic mass is 31.2. The van der Waals surface area contributed by atoms with Crippen molar-refractivity contribution in [1.29, 1.82) is 0 Å². The molecule has 0 unspecified atom stereocenters. The molecule has 0 bridgehead atoms. The van der Waals surface area contributed by atoms with E-state index in [1.807, 2.05) is 24.3 Å². The predicted octanol–water partition coefficient (Wildman–Crippen LogP) is 6.90. The van der Waals surface area contributed by atoms with Crippen LogP contribution in [0, 0.1) is 0 Å². The monoisotopic (exact) mass is 540 g/mol. The van der Waals surface area contributed by atoms with Crippen LogP contribution in [0.5, 0.6) is 5.75 Å². The second kappa shape index (κ2) is 11.3. The van der Waals surface area contributed by atoms with Crippen LogP contribution in [0.15, 0.2) is 140 Å². The summed E-state index contributed by atoms with van der Waals surface area (Å²) >= 11 is 0. The molecule has 0 radical (unpaired) electrons. The summed E-state index contributed by atoms with van der Waals surface area (Å²) in [6.45, 7) is 0. The number of fused-ring (bicyclic) bond motifs is 1. The van der Waals surface area contributed by atoms with Crippen molar-refractivity contribution in [3.8, 4) is 5.75 Å². The van der Waals surface area contributed by atoms with Crippen molar-refractivity contribution in [2.24, 2.45) is 0 Å². The quantitative estimate of drug-likeness (QED) is 0.197. The van der Waals surface area contributed by atoms with E-state index in [1.165, 1.54) is 15.9 Å². The lowest BCUT2D eigenvalue weighted by Gasteiger charge is -2.28. The molecule has 0 N–H and O–H groups in total. The Labute approximate surface area is 236 Å². The molecule has 0 fully saturated rings. The SMILES string of the molecule is COc1ccc(N(C)c2nc(C[P+](c3ccccc3)(c3ccccc3)c3ccccc3)nc3ccccc23)cc1.